The van der Waals surface area contributed by atoms with Gasteiger partial charge in [-0.25, -0.2) is 0 Å². The number of phenols is 2. The first-order valence-corrected chi connectivity index (χ1v) is 10.9. The van der Waals surface area contributed by atoms with E-state index < -0.39 is 0 Å². The molecule has 0 spiro atoms. The van der Waals surface area contributed by atoms with Crippen LogP contribution < -0.4 is 9.47 Å². The third-order valence-corrected chi connectivity index (χ3v) is 5.96. The molecule has 0 amide bonds. The summed E-state index contributed by atoms with van der Waals surface area (Å²) in [5.74, 6) is 3.32. The molecule has 0 saturated heterocycles. The second-order valence-electron chi connectivity index (χ2n) is 9.36. The van der Waals surface area contributed by atoms with Gasteiger partial charge in [-0.05, 0) is 35.1 Å². The molecule has 2 aromatic carbocycles. The Bertz CT molecular complexity index is 789. The normalized spacial score (nSPS) is 12.1. The van der Waals surface area contributed by atoms with E-state index in [0.717, 1.165) is 33.8 Å². The van der Waals surface area contributed by atoms with E-state index >= 15 is 0 Å². The first kappa shape index (κ1) is 23.3. The van der Waals surface area contributed by atoms with Gasteiger partial charge < -0.3 is 19.7 Å². The zero-order valence-corrected chi connectivity index (χ0v) is 19.7. The average Bonchev–Trinajstić information content (AvgIpc) is 2.62. The van der Waals surface area contributed by atoms with Crippen molar-refractivity contribution >= 4 is 11.8 Å². The third-order valence-electron chi connectivity index (χ3n) is 4.93. The molecule has 0 fully saturated rings. The van der Waals surface area contributed by atoms with Gasteiger partial charge >= 0.3 is 0 Å². The Morgan fingerprint density at radius 2 is 1.03 bits per heavy atom. The minimum Gasteiger partial charge on any atom is -0.507 e. The minimum absolute atomic E-state index is 0.190. The smallest absolute Gasteiger partial charge is 0.123 e. The molecule has 0 atom stereocenters. The Morgan fingerprint density at radius 3 is 1.31 bits per heavy atom. The molecule has 0 unspecified atom stereocenters. The molecule has 2 rings (SSSR count). The van der Waals surface area contributed by atoms with Crippen molar-refractivity contribution in [3.8, 4) is 23.0 Å². The van der Waals surface area contributed by atoms with Gasteiger partial charge in [-0.2, -0.15) is 11.8 Å². The molecule has 0 aliphatic rings. The Hall–Kier alpha value is -2.01. The summed E-state index contributed by atoms with van der Waals surface area (Å²) in [6.45, 7) is 12.4. The van der Waals surface area contributed by atoms with Crippen LogP contribution in [0, 0.1) is 0 Å². The molecule has 2 aromatic rings. The highest BCUT2D eigenvalue weighted by atomic mass is 32.2. The van der Waals surface area contributed by atoms with Crippen molar-refractivity contribution in [1.29, 1.82) is 0 Å². The van der Waals surface area contributed by atoms with Crippen LogP contribution in [-0.4, -0.2) is 24.4 Å². The number of benzene rings is 2. The molecule has 0 aliphatic heterocycles. The maximum Gasteiger partial charge on any atom is 0.123 e. The van der Waals surface area contributed by atoms with Crippen LogP contribution in [0.2, 0.25) is 0 Å². The summed E-state index contributed by atoms with van der Waals surface area (Å²) >= 11 is 1.63. The maximum atomic E-state index is 10.8. The minimum atomic E-state index is -0.190. The number of aromatic hydroxyl groups is 2. The molecule has 0 aliphatic carbocycles. The number of hydrogen-bond donors (Lipinski definition) is 2. The molecule has 5 heteroatoms. The van der Waals surface area contributed by atoms with E-state index in [9.17, 15) is 10.2 Å². The predicted molar refractivity (Wildman–Crippen MR) is 122 cm³/mol. The van der Waals surface area contributed by atoms with Crippen LogP contribution in [0.5, 0.6) is 23.0 Å². The van der Waals surface area contributed by atoms with E-state index in [0.29, 0.717) is 23.0 Å². The summed E-state index contributed by atoms with van der Waals surface area (Å²) in [6, 6.07) is 7.55. The van der Waals surface area contributed by atoms with Crippen LogP contribution in [0.3, 0.4) is 0 Å². The van der Waals surface area contributed by atoms with E-state index in [2.05, 4.69) is 41.5 Å². The van der Waals surface area contributed by atoms with Gasteiger partial charge in [0.1, 0.15) is 23.0 Å². The lowest BCUT2D eigenvalue weighted by molar-refractivity contribution is 0.403. The number of ether oxygens (including phenoxy) is 2. The quantitative estimate of drug-likeness (QED) is 0.590. The predicted octanol–water partition coefficient (Wildman–Crippen LogP) is 6.14. The van der Waals surface area contributed by atoms with Crippen LogP contribution in [0.25, 0.3) is 0 Å². The van der Waals surface area contributed by atoms with E-state index in [1.54, 1.807) is 26.0 Å². The molecule has 160 valence electrons. The fraction of sp³-hybridized carbons (Fsp3) is 0.500. The van der Waals surface area contributed by atoms with E-state index in [1.807, 2.05) is 24.3 Å². The third kappa shape index (κ3) is 5.53. The van der Waals surface area contributed by atoms with Crippen molar-refractivity contribution in [1.82, 2.24) is 0 Å². The number of rotatable bonds is 6. The molecule has 0 bridgehead atoms. The molecule has 0 heterocycles. The molecule has 29 heavy (non-hydrogen) atoms. The molecule has 0 radical (unpaired) electrons. The molecular formula is C24H34O4S. The van der Waals surface area contributed by atoms with Gasteiger partial charge in [0.2, 0.25) is 0 Å². The molecule has 2 N–H and O–H groups in total. The van der Waals surface area contributed by atoms with Crippen molar-refractivity contribution in [3.63, 3.8) is 0 Å². The summed E-state index contributed by atoms with van der Waals surface area (Å²) in [6.07, 6.45) is 0. The van der Waals surface area contributed by atoms with Gasteiger partial charge in [-0.3, -0.25) is 0 Å². The average molecular weight is 419 g/mol. The fourth-order valence-electron chi connectivity index (χ4n) is 3.20. The zero-order valence-electron chi connectivity index (χ0n) is 18.8. The maximum absolute atomic E-state index is 10.8. The number of thioether (sulfide) groups is 1. The molecular weight excluding hydrogens is 384 g/mol. The van der Waals surface area contributed by atoms with Gasteiger partial charge in [-0.15, -0.1) is 0 Å². The Kier molecular flexibility index (Phi) is 7.05. The Morgan fingerprint density at radius 1 is 0.690 bits per heavy atom. The summed E-state index contributed by atoms with van der Waals surface area (Å²) in [5.41, 5.74) is 3.02. The molecule has 0 aromatic heterocycles. The van der Waals surface area contributed by atoms with Gasteiger partial charge in [0, 0.05) is 33.8 Å². The fourth-order valence-corrected chi connectivity index (χ4v) is 4.18. The topological polar surface area (TPSA) is 58.9 Å². The lowest BCUT2D eigenvalue weighted by Gasteiger charge is -2.24. The molecule has 0 saturated carbocycles. The lowest BCUT2D eigenvalue weighted by atomic mass is 9.85. The SMILES string of the molecule is COc1cc(CSCc2cc(OC)cc(C(C)(C)C)c2O)c(O)c(C(C)(C)C)c1. The first-order chi connectivity index (χ1) is 13.4. The van der Waals surface area contributed by atoms with Crippen LogP contribution in [0.4, 0.5) is 0 Å². The second-order valence-corrected chi connectivity index (χ2v) is 10.3. The highest BCUT2D eigenvalue weighted by Crippen LogP contribution is 2.41. The monoisotopic (exact) mass is 418 g/mol. The number of phenolic OH excluding ortho intramolecular Hbond substituents is 2. The van der Waals surface area contributed by atoms with Crippen molar-refractivity contribution < 1.29 is 19.7 Å². The summed E-state index contributed by atoms with van der Waals surface area (Å²) < 4.78 is 10.9. The summed E-state index contributed by atoms with van der Waals surface area (Å²) in [7, 11) is 3.27. The first-order valence-electron chi connectivity index (χ1n) is 9.77. The van der Waals surface area contributed by atoms with Gasteiger partial charge in [0.25, 0.3) is 0 Å². The highest BCUT2D eigenvalue weighted by Gasteiger charge is 2.23. The van der Waals surface area contributed by atoms with Gasteiger partial charge in [0.05, 0.1) is 14.2 Å². The largest absolute Gasteiger partial charge is 0.507 e. The van der Waals surface area contributed by atoms with E-state index in [4.69, 9.17) is 9.47 Å². The van der Waals surface area contributed by atoms with Crippen LogP contribution in [0.15, 0.2) is 24.3 Å². The molecule has 4 nitrogen and oxygen atoms in total. The van der Waals surface area contributed by atoms with E-state index in [-0.39, 0.29) is 10.8 Å². The van der Waals surface area contributed by atoms with Crippen LogP contribution in [0.1, 0.15) is 63.8 Å². The van der Waals surface area contributed by atoms with Crippen LogP contribution in [-0.2, 0) is 22.3 Å². The van der Waals surface area contributed by atoms with Crippen molar-refractivity contribution in [2.24, 2.45) is 0 Å². The van der Waals surface area contributed by atoms with Gasteiger partial charge in [0.15, 0.2) is 0 Å². The second kappa shape index (κ2) is 8.78. The van der Waals surface area contributed by atoms with Crippen molar-refractivity contribution in [3.05, 3.63) is 46.5 Å². The van der Waals surface area contributed by atoms with E-state index in [1.165, 1.54) is 0 Å². The highest BCUT2D eigenvalue weighted by molar-refractivity contribution is 7.97. The summed E-state index contributed by atoms with van der Waals surface area (Å²) in [4.78, 5) is 0. The summed E-state index contributed by atoms with van der Waals surface area (Å²) in [5, 5.41) is 21.6. The number of hydrogen-bond acceptors (Lipinski definition) is 5. The standard InChI is InChI=1S/C24H34O4S/c1-23(2,3)19-11-17(27-7)9-15(21(19)25)13-29-14-16-10-18(28-8)12-20(22(16)26)24(4,5)6/h9-12,25-26H,13-14H2,1-8H3. The van der Waals surface area contributed by atoms with Crippen molar-refractivity contribution in [2.75, 3.05) is 14.2 Å². The number of methoxy groups -OCH3 is 2. The van der Waals surface area contributed by atoms with Crippen molar-refractivity contribution in [2.45, 2.75) is 63.9 Å². The Labute approximate surface area is 179 Å². The lowest BCUT2D eigenvalue weighted by Crippen LogP contribution is -2.12. The van der Waals surface area contributed by atoms with Gasteiger partial charge in [-0.1, -0.05) is 41.5 Å². The zero-order chi connectivity index (χ0) is 22.0. The Balaban J connectivity index is 2.29. The van der Waals surface area contributed by atoms with Crippen LogP contribution >= 0.6 is 11.8 Å².